The first-order chi connectivity index (χ1) is 11.7. The van der Waals surface area contributed by atoms with Crippen LogP contribution >= 0.6 is 15.9 Å². The molecule has 4 heteroatoms. The van der Waals surface area contributed by atoms with Crippen molar-refractivity contribution in [2.75, 3.05) is 25.0 Å². The molecule has 1 amide bonds. The maximum Gasteiger partial charge on any atom is 0.238 e. The summed E-state index contributed by atoms with van der Waals surface area (Å²) in [4.78, 5) is 14.5. The molecule has 1 aliphatic rings. The number of hydrogen-bond acceptors (Lipinski definition) is 2. The van der Waals surface area contributed by atoms with E-state index in [1.807, 2.05) is 24.3 Å². The van der Waals surface area contributed by atoms with Crippen LogP contribution in [0.4, 0.5) is 5.69 Å². The molecular formula is C20H23BrN2O. The Bertz CT molecular complexity index is 666. The summed E-state index contributed by atoms with van der Waals surface area (Å²) in [5, 5.41) is 2.97. The minimum atomic E-state index is 0.0645. The normalized spacial score (nSPS) is 16.0. The fraction of sp³-hybridized carbons (Fsp3) is 0.350. The quantitative estimate of drug-likeness (QED) is 0.828. The third kappa shape index (κ3) is 5.18. The predicted molar refractivity (Wildman–Crippen MR) is 102 cm³/mol. The molecule has 1 N–H and O–H groups in total. The lowest BCUT2D eigenvalue weighted by atomic mass is 9.90. The van der Waals surface area contributed by atoms with Gasteiger partial charge < -0.3 is 5.32 Å². The van der Waals surface area contributed by atoms with Crippen LogP contribution in [0.25, 0.3) is 0 Å². The zero-order valence-corrected chi connectivity index (χ0v) is 15.3. The summed E-state index contributed by atoms with van der Waals surface area (Å²) >= 11 is 3.42. The van der Waals surface area contributed by atoms with E-state index in [0.29, 0.717) is 6.54 Å². The van der Waals surface area contributed by atoms with Crippen molar-refractivity contribution in [3.8, 4) is 0 Å². The maximum absolute atomic E-state index is 12.2. The Morgan fingerprint density at radius 2 is 1.83 bits per heavy atom. The lowest BCUT2D eigenvalue weighted by Gasteiger charge is -2.31. The number of likely N-dealkylation sites (tertiary alicyclic amines) is 1. The average Bonchev–Trinajstić information content (AvgIpc) is 2.57. The van der Waals surface area contributed by atoms with Crippen LogP contribution in [0.15, 0.2) is 59.1 Å². The number of amides is 1. The van der Waals surface area contributed by atoms with E-state index >= 15 is 0 Å². The van der Waals surface area contributed by atoms with Crippen molar-refractivity contribution in [2.24, 2.45) is 5.92 Å². The van der Waals surface area contributed by atoms with Gasteiger partial charge in [-0.15, -0.1) is 0 Å². The zero-order valence-electron chi connectivity index (χ0n) is 13.7. The topological polar surface area (TPSA) is 32.3 Å². The number of carbonyl (C=O) groups excluding carboxylic acids is 1. The van der Waals surface area contributed by atoms with E-state index in [1.54, 1.807) is 0 Å². The SMILES string of the molecule is O=C(CN1CCC(Cc2ccccc2)CC1)Nc1cccc(Br)c1. The third-order valence-corrected chi connectivity index (χ3v) is 5.04. The minimum absolute atomic E-state index is 0.0645. The van der Waals surface area contributed by atoms with Gasteiger partial charge in [0.1, 0.15) is 0 Å². The molecular weight excluding hydrogens is 364 g/mol. The number of carbonyl (C=O) groups is 1. The van der Waals surface area contributed by atoms with Crippen LogP contribution < -0.4 is 5.32 Å². The first-order valence-corrected chi connectivity index (χ1v) is 9.30. The molecule has 1 saturated heterocycles. The van der Waals surface area contributed by atoms with Gasteiger partial charge in [-0.2, -0.15) is 0 Å². The van der Waals surface area contributed by atoms with Crippen molar-refractivity contribution in [1.82, 2.24) is 4.90 Å². The molecule has 3 rings (SSSR count). The number of anilines is 1. The molecule has 3 nitrogen and oxygen atoms in total. The van der Waals surface area contributed by atoms with Gasteiger partial charge in [0.2, 0.25) is 5.91 Å². The molecule has 0 spiro atoms. The van der Waals surface area contributed by atoms with Gasteiger partial charge >= 0.3 is 0 Å². The summed E-state index contributed by atoms with van der Waals surface area (Å²) in [5.41, 5.74) is 2.26. The van der Waals surface area contributed by atoms with E-state index in [2.05, 4.69) is 56.5 Å². The molecule has 126 valence electrons. The Hall–Kier alpha value is -1.65. The van der Waals surface area contributed by atoms with E-state index in [0.717, 1.165) is 35.6 Å². The summed E-state index contributed by atoms with van der Waals surface area (Å²) in [6.07, 6.45) is 3.48. The van der Waals surface area contributed by atoms with Crippen LogP contribution in [-0.2, 0) is 11.2 Å². The van der Waals surface area contributed by atoms with Crippen molar-refractivity contribution in [1.29, 1.82) is 0 Å². The molecule has 1 fully saturated rings. The third-order valence-electron chi connectivity index (χ3n) is 4.55. The van der Waals surface area contributed by atoms with Crippen LogP contribution in [0.3, 0.4) is 0 Å². The molecule has 0 bridgehead atoms. The van der Waals surface area contributed by atoms with Crippen molar-refractivity contribution in [3.05, 3.63) is 64.6 Å². The van der Waals surface area contributed by atoms with Crippen molar-refractivity contribution < 1.29 is 4.79 Å². The highest BCUT2D eigenvalue weighted by molar-refractivity contribution is 9.10. The second kappa shape index (κ2) is 8.45. The molecule has 0 aliphatic carbocycles. The Kier molecular flexibility index (Phi) is 6.05. The number of hydrogen-bond donors (Lipinski definition) is 1. The molecule has 2 aromatic rings. The largest absolute Gasteiger partial charge is 0.325 e. The number of nitrogens with one attached hydrogen (secondary N) is 1. The summed E-state index contributed by atoms with van der Waals surface area (Å²) in [7, 11) is 0. The van der Waals surface area contributed by atoms with Crippen LogP contribution in [0.1, 0.15) is 18.4 Å². The minimum Gasteiger partial charge on any atom is -0.325 e. The lowest BCUT2D eigenvalue weighted by Crippen LogP contribution is -2.39. The fourth-order valence-electron chi connectivity index (χ4n) is 3.27. The molecule has 0 saturated carbocycles. The number of benzene rings is 2. The van der Waals surface area contributed by atoms with Crippen molar-refractivity contribution in [3.63, 3.8) is 0 Å². The van der Waals surface area contributed by atoms with Gasteiger partial charge in [-0.25, -0.2) is 0 Å². The average molecular weight is 387 g/mol. The summed E-state index contributed by atoms with van der Waals surface area (Å²) in [5.74, 6) is 0.798. The van der Waals surface area contributed by atoms with Gasteiger partial charge in [0.15, 0.2) is 0 Å². The second-order valence-corrected chi connectivity index (χ2v) is 7.38. The number of halogens is 1. The van der Waals surface area contributed by atoms with Gasteiger partial charge in [-0.1, -0.05) is 52.3 Å². The Morgan fingerprint density at radius 3 is 2.54 bits per heavy atom. The smallest absolute Gasteiger partial charge is 0.238 e. The maximum atomic E-state index is 12.2. The number of rotatable bonds is 5. The molecule has 0 atom stereocenters. The number of piperidine rings is 1. The molecule has 0 aromatic heterocycles. The van der Waals surface area contributed by atoms with E-state index < -0.39 is 0 Å². The fourth-order valence-corrected chi connectivity index (χ4v) is 3.67. The highest BCUT2D eigenvalue weighted by Gasteiger charge is 2.21. The predicted octanol–water partition coefficient (Wildman–Crippen LogP) is 4.34. The van der Waals surface area contributed by atoms with E-state index in [-0.39, 0.29) is 5.91 Å². The van der Waals surface area contributed by atoms with Gasteiger partial charge in [-0.3, -0.25) is 9.69 Å². The molecule has 0 radical (unpaired) electrons. The van der Waals surface area contributed by atoms with Gasteiger partial charge in [-0.05, 0) is 62.0 Å². The van der Waals surface area contributed by atoms with Crippen LogP contribution in [0, 0.1) is 5.92 Å². The number of nitrogens with zero attached hydrogens (tertiary/aromatic N) is 1. The van der Waals surface area contributed by atoms with Crippen molar-refractivity contribution >= 4 is 27.5 Å². The Morgan fingerprint density at radius 1 is 1.08 bits per heavy atom. The molecule has 1 aliphatic heterocycles. The standard InChI is InChI=1S/C20H23BrN2O/c21-18-7-4-8-19(14-18)22-20(24)15-23-11-9-17(10-12-23)13-16-5-2-1-3-6-16/h1-8,14,17H,9-13,15H2,(H,22,24). The van der Waals surface area contributed by atoms with Crippen LogP contribution in [0.5, 0.6) is 0 Å². The van der Waals surface area contributed by atoms with Gasteiger partial charge in [0, 0.05) is 10.2 Å². The highest BCUT2D eigenvalue weighted by Crippen LogP contribution is 2.21. The van der Waals surface area contributed by atoms with E-state index in [9.17, 15) is 4.79 Å². The Balaban J connectivity index is 1.42. The highest BCUT2D eigenvalue weighted by atomic mass is 79.9. The lowest BCUT2D eigenvalue weighted by molar-refractivity contribution is -0.117. The van der Waals surface area contributed by atoms with Crippen LogP contribution in [-0.4, -0.2) is 30.4 Å². The van der Waals surface area contributed by atoms with Gasteiger partial charge in [0.05, 0.1) is 6.54 Å². The van der Waals surface area contributed by atoms with E-state index in [1.165, 1.54) is 18.4 Å². The van der Waals surface area contributed by atoms with Crippen molar-refractivity contribution in [2.45, 2.75) is 19.3 Å². The summed E-state index contributed by atoms with van der Waals surface area (Å²) in [6.45, 7) is 2.48. The van der Waals surface area contributed by atoms with E-state index in [4.69, 9.17) is 0 Å². The second-order valence-electron chi connectivity index (χ2n) is 6.47. The first-order valence-electron chi connectivity index (χ1n) is 8.51. The Labute approximate surface area is 152 Å². The molecule has 1 heterocycles. The first kappa shape index (κ1) is 17.2. The summed E-state index contributed by atoms with van der Waals surface area (Å²) < 4.78 is 0.974. The molecule has 24 heavy (non-hydrogen) atoms. The summed E-state index contributed by atoms with van der Waals surface area (Å²) in [6, 6.07) is 18.4. The molecule has 2 aromatic carbocycles. The molecule has 0 unspecified atom stereocenters. The zero-order chi connectivity index (χ0) is 16.8. The monoisotopic (exact) mass is 386 g/mol. The van der Waals surface area contributed by atoms with Gasteiger partial charge in [0.25, 0.3) is 0 Å². The van der Waals surface area contributed by atoms with Crippen LogP contribution in [0.2, 0.25) is 0 Å².